The molecule has 1 N–H and O–H groups in total. The lowest BCUT2D eigenvalue weighted by Gasteiger charge is -2.31. The summed E-state index contributed by atoms with van der Waals surface area (Å²) in [5.41, 5.74) is 0.997. The number of carbonyl (C=O) groups excluding carboxylic acids is 1. The molecule has 3 aromatic rings. The first-order valence-corrected chi connectivity index (χ1v) is 9.32. The van der Waals surface area contributed by atoms with Crippen LogP contribution in [0.2, 0.25) is 0 Å². The highest BCUT2D eigenvalue weighted by Crippen LogP contribution is 2.32. The van der Waals surface area contributed by atoms with E-state index in [1.54, 1.807) is 4.90 Å². The number of carbonyl (C=O) groups is 1. The Morgan fingerprint density at radius 1 is 1.17 bits per heavy atom. The van der Waals surface area contributed by atoms with Gasteiger partial charge in [-0.3, -0.25) is 0 Å². The fraction of sp³-hybridized carbons (Fsp3) is 0.350. The molecule has 1 aromatic heterocycles. The summed E-state index contributed by atoms with van der Waals surface area (Å²) >= 11 is 0. The summed E-state index contributed by atoms with van der Waals surface area (Å²) < 4.78 is 42.8. The molecule has 1 saturated heterocycles. The topological polar surface area (TPSA) is 71.3 Å². The van der Waals surface area contributed by atoms with Crippen molar-refractivity contribution in [3.63, 3.8) is 0 Å². The van der Waals surface area contributed by atoms with Crippen molar-refractivity contribution in [2.45, 2.75) is 31.5 Å². The molecular weight excluding hydrogens is 385 g/mol. The van der Waals surface area contributed by atoms with Gasteiger partial charge in [-0.15, -0.1) is 10.2 Å². The zero-order valence-electron chi connectivity index (χ0n) is 15.4. The molecule has 152 valence electrons. The van der Waals surface area contributed by atoms with Gasteiger partial charge in [0.05, 0.1) is 5.92 Å². The van der Waals surface area contributed by atoms with Gasteiger partial charge < -0.3 is 14.6 Å². The number of nitrogens with one attached hydrogen (secondary N) is 1. The van der Waals surface area contributed by atoms with E-state index in [1.807, 2.05) is 42.5 Å². The average molecular weight is 404 g/mol. The van der Waals surface area contributed by atoms with Gasteiger partial charge in [-0.2, -0.15) is 13.2 Å². The lowest BCUT2D eigenvalue weighted by Crippen LogP contribution is -2.44. The molecule has 6 nitrogen and oxygen atoms in total. The summed E-state index contributed by atoms with van der Waals surface area (Å²) in [5.74, 6) is -1.84. The molecule has 2 heterocycles. The van der Waals surface area contributed by atoms with Crippen LogP contribution < -0.4 is 5.32 Å². The van der Waals surface area contributed by atoms with Gasteiger partial charge in [0, 0.05) is 19.6 Å². The van der Waals surface area contributed by atoms with Gasteiger partial charge in [-0.05, 0) is 29.2 Å². The number of benzene rings is 2. The minimum absolute atomic E-state index is 0.0797. The number of aromatic nitrogens is 2. The van der Waals surface area contributed by atoms with Crippen LogP contribution in [0.5, 0.6) is 0 Å². The second-order valence-electron chi connectivity index (χ2n) is 7.03. The van der Waals surface area contributed by atoms with E-state index < -0.39 is 18.0 Å². The van der Waals surface area contributed by atoms with Gasteiger partial charge in [0.25, 0.3) is 0 Å². The molecule has 0 unspecified atom stereocenters. The Balaban J connectivity index is 1.40. The largest absolute Gasteiger partial charge is 0.470 e. The van der Waals surface area contributed by atoms with Crippen LogP contribution in [0, 0.1) is 0 Å². The number of rotatable bonds is 3. The SMILES string of the molecule is O=C(NCc1cccc2ccccc12)N1CCC[C@@H](c2nnc(C(F)(F)F)o2)C1. The summed E-state index contributed by atoms with van der Waals surface area (Å²) in [7, 11) is 0. The van der Waals surface area contributed by atoms with E-state index in [9.17, 15) is 18.0 Å². The van der Waals surface area contributed by atoms with E-state index in [2.05, 4.69) is 15.5 Å². The molecule has 0 aliphatic carbocycles. The zero-order valence-corrected chi connectivity index (χ0v) is 15.4. The van der Waals surface area contributed by atoms with Crippen LogP contribution in [0.25, 0.3) is 10.8 Å². The van der Waals surface area contributed by atoms with E-state index in [-0.39, 0.29) is 18.5 Å². The maximum Gasteiger partial charge on any atom is 0.470 e. The van der Waals surface area contributed by atoms with Crippen molar-refractivity contribution in [3.05, 3.63) is 59.8 Å². The highest BCUT2D eigenvalue weighted by molar-refractivity contribution is 5.86. The molecule has 0 bridgehead atoms. The first kappa shape index (κ1) is 19.2. The first-order valence-electron chi connectivity index (χ1n) is 9.32. The van der Waals surface area contributed by atoms with E-state index in [4.69, 9.17) is 4.42 Å². The van der Waals surface area contributed by atoms with Gasteiger partial charge in [-0.1, -0.05) is 42.5 Å². The fourth-order valence-electron chi connectivity index (χ4n) is 3.61. The minimum atomic E-state index is -4.67. The molecular formula is C20H19F3N4O2. The zero-order chi connectivity index (χ0) is 20.4. The fourth-order valence-corrected chi connectivity index (χ4v) is 3.61. The second-order valence-corrected chi connectivity index (χ2v) is 7.03. The lowest BCUT2D eigenvalue weighted by atomic mass is 9.98. The molecule has 9 heteroatoms. The predicted molar refractivity (Wildman–Crippen MR) is 99.0 cm³/mol. The van der Waals surface area contributed by atoms with Crippen LogP contribution in [-0.2, 0) is 12.7 Å². The molecule has 0 saturated carbocycles. The summed E-state index contributed by atoms with van der Waals surface area (Å²) in [6.45, 7) is 1.12. The summed E-state index contributed by atoms with van der Waals surface area (Å²) in [4.78, 5) is 14.2. The minimum Gasteiger partial charge on any atom is -0.417 e. The number of amides is 2. The Morgan fingerprint density at radius 2 is 1.97 bits per heavy atom. The van der Waals surface area contributed by atoms with Crippen molar-refractivity contribution in [2.75, 3.05) is 13.1 Å². The number of urea groups is 1. The molecule has 1 aliphatic rings. The molecule has 4 rings (SSSR count). The summed E-state index contributed by atoms with van der Waals surface area (Å²) in [6, 6.07) is 13.6. The monoisotopic (exact) mass is 404 g/mol. The highest BCUT2D eigenvalue weighted by Gasteiger charge is 2.39. The van der Waals surface area contributed by atoms with Crippen molar-refractivity contribution in [1.82, 2.24) is 20.4 Å². The third-order valence-electron chi connectivity index (χ3n) is 5.05. The maximum absolute atomic E-state index is 12.7. The number of hydrogen-bond acceptors (Lipinski definition) is 4. The van der Waals surface area contributed by atoms with Crippen molar-refractivity contribution < 1.29 is 22.4 Å². The Labute approximate surface area is 164 Å². The number of fused-ring (bicyclic) bond motifs is 1. The Kier molecular flexibility index (Phi) is 5.12. The van der Waals surface area contributed by atoms with Crippen LogP contribution in [0.15, 0.2) is 46.9 Å². The van der Waals surface area contributed by atoms with Gasteiger partial charge >= 0.3 is 18.1 Å². The molecule has 0 radical (unpaired) electrons. The molecule has 0 spiro atoms. The number of piperidine rings is 1. The number of hydrogen-bond donors (Lipinski definition) is 1. The molecule has 29 heavy (non-hydrogen) atoms. The smallest absolute Gasteiger partial charge is 0.417 e. The first-order chi connectivity index (χ1) is 13.9. The quantitative estimate of drug-likeness (QED) is 0.705. The van der Waals surface area contributed by atoms with Gasteiger partial charge in [0.2, 0.25) is 5.89 Å². The van der Waals surface area contributed by atoms with Gasteiger partial charge in [0.1, 0.15) is 0 Å². The molecule has 1 fully saturated rings. The van der Waals surface area contributed by atoms with Crippen LogP contribution in [0.1, 0.15) is 36.1 Å². The average Bonchev–Trinajstić information content (AvgIpc) is 3.23. The summed E-state index contributed by atoms with van der Waals surface area (Å²) in [6.07, 6.45) is -3.43. The Bertz CT molecular complexity index is 1010. The Morgan fingerprint density at radius 3 is 2.76 bits per heavy atom. The van der Waals surface area contributed by atoms with Crippen molar-refractivity contribution in [2.24, 2.45) is 0 Å². The van der Waals surface area contributed by atoms with E-state index in [1.165, 1.54) is 0 Å². The summed E-state index contributed by atoms with van der Waals surface area (Å²) in [5, 5.41) is 11.7. The standard InChI is InChI=1S/C20H19F3N4O2/c21-20(22,23)18-26-25-17(29-18)15-8-4-10-27(12-15)19(28)24-11-14-7-3-6-13-5-1-2-9-16(13)14/h1-3,5-7,9,15H,4,8,10-12H2,(H,24,28)/t15-/m1/s1. The van der Waals surface area contributed by atoms with Crippen LogP contribution in [0.3, 0.4) is 0 Å². The van der Waals surface area contributed by atoms with E-state index in [0.717, 1.165) is 16.3 Å². The normalized spacial score (nSPS) is 17.5. The lowest BCUT2D eigenvalue weighted by molar-refractivity contribution is -0.157. The third-order valence-corrected chi connectivity index (χ3v) is 5.05. The molecule has 2 amide bonds. The van der Waals surface area contributed by atoms with Crippen LogP contribution in [0.4, 0.5) is 18.0 Å². The molecule has 1 atom stereocenters. The van der Waals surface area contributed by atoms with Crippen molar-refractivity contribution in [1.29, 1.82) is 0 Å². The number of halogens is 3. The second kappa shape index (κ2) is 7.73. The third kappa shape index (κ3) is 4.18. The Hall–Kier alpha value is -3.10. The van der Waals surface area contributed by atoms with Crippen molar-refractivity contribution >= 4 is 16.8 Å². The van der Waals surface area contributed by atoms with Crippen molar-refractivity contribution in [3.8, 4) is 0 Å². The van der Waals surface area contributed by atoms with Crippen LogP contribution in [-0.4, -0.2) is 34.2 Å². The number of nitrogens with zero attached hydrogens (tertiary/aromatic N) is 3. The van der Waals surface area contributed by atoms with Crippen LogP contribution >= 0.6 is 0 Å². The van der Waals surface area contributed by atoms with Gasteiger partial charge in [-0.25, -0.2) is 4.79 Å². The molecule has 2 aromatic carbocycles. The number of likely N-dealkylation sites (tertiary alicyclic amines) is 1. The predicted octanol–water partition coefficient (Wildman–Crippen LogP) is 4.33. The maximum atomic E-state index is 12.7. The highest BCUT2D eigenvalue weighted by atomic mass is 19.4. The van der Waals surface area contributed by atoms with E-state index >= 15 is 0 Å². The van der Waals surface area contributed by atoms with Gasteiger partial charge in [0.15, 0.2) is 0 Å². The number of alkyl halides is 3. The van der Waals surface area contributed by atoms with E-state index in [0.29, 0.717) is 25.9 Å². The molecule has 1 aliphatic heterocycles.